The van der Waals surface area contributed by atoms with Crippen molar-refractivity contribution in [2.45, 2.75) is 12.5 Å². The molecule has 8 nitrogen and oxygen atoms in total. The monoisotopic (exact) mass is 320 g/mol. The average molecular weight is 320 g/mol. The van der Waals surface area contributed by atoms with Crippen molar-refractivity contribution in [1.82, 2.24) is 10.2 Å². The van der Waals surface area contributed by atoms with E-state index in [0.717, 1.165) is 4.90 Å². The number of hydrogen-bond acceptors (Lipinski definition) is 6. The minimum atomic E-state index is -1.28. The number of fused-ring (bicyclic) bond motifs is 1. The van der Waals surface area contributed by atoms with Gasteiger partial charge in [-0.1, -0.05) is 6.07 Å². The summed E-state index contributed by atoms with van der Waals surface area (Å²) in [5.41, 5.74) is -0.728. The normalized spacial score (nSPS) is 22.8. The Labute approximate surface area is 132 Å². The second kappa shape index (κ2) is 5.45. The third kappa shape index (κ3) is 2.45. The number of hydrogen-bond donors (Lipinski definition) is 1. The van der Waals surface area contributed by atoms with Crippen LogP contribution in [0.15, 0.2) is 18.2 Å². The van der Waals surface area contributed by atoms with Crippen LogP contribution in [-0.2, 0) is 19.9 Å². The fourth-order valence-electron chi connectivity index (χ4n) is 2.58. The lowest BCUT2D eigenvalue weighted by molar-refractivity contribution is -0.145. The molecule has 0 radical (unpaired) electrons. The van der Waals surface area contributed by atoms with Gasteiger partial charge in [-0.2, -0.15) is 0 Å². The number of nitrogens with zero attached hydrogens (tertiary/aromatic N) is 1. The first kappa shape index (κ1) is 15.1. The van der Waals surface area contributed by atoms with Crippen LogP contribution >= 0.6 is 0 Å². The van der Waals surface area contributed by atoms with Crippen molar-refractivity contribution in [3.63, 3.8) is 0 Å². The minimum Gasteiger partial charge on any atom is -0.486 e. The molecule has 8 heteroatoms. The van der Waals surface area contributed by atoms with E-state index in [9.17, 15) is 14.4 Å². The van der Waals surface area contributed by atoms with E-state index < -0.39 is 30.0 Å². The number of methoxy groups -OCH3 is 1. The van der Waals surface area contributed by atoms with Gasteiger partial charge in [0, 0.05) is 0 Å². The van der Waals surface area contributed by atoms with Gasteiger partial charge in [-0.15, -0.1) is 0 Å². The minimum absolute atomic E-state index is 0.419. The Hall–Kier alpha value is -2.77. The van der Waals surface area contributed by atoms with E-state index in [-0.39, 0.29) is 0 Å². The molecule has 23 heavy (non-hydrogen) atoms. The summed E-state index contributed by atoms with van der Waals surface area (Å²) < 4.78 is 15.5. The van der Waals surface area contributed by atoms with Gasteiger partial charge in [-0.3, -0.25) is 14.5 Å². The van der Waals surface area contributed by atoms with Crippen molar-refractivity contribution in [2.75, 3.05) is 26.9 Å². The first-order chi connectivity index (χ1) is 11.0. The van der Waals surface area contributed by atoms with E-state index in [4.69, 9.17) is 9.47 Å². The van der Waals surface area contributed by atoms with Crippen molar-refractivity contribution in [2.24, 2.45) is 0 Å². The maximum atomic E-state index is 12.6. The summed E-state index contributed by atoms with van der Waals surface area (Å²) in [6.07, 6.45) is 0. The summed E-state index contributed by atoms with van der Waals surface area (Å²) in [6.45, 7) is 2.03. The lowest BCUT2D eigenvalue weighted by atomic mass is 9.91. The standard InChI is InChI=1S/C15H16N2O6/c1-15(9-3-4-10-11(7-9)23-6-5-22-10)13(19)17(14(20)16-15)8-12(18)21-2/h3-4,7H,5-6,8H2,1-2H3,(H,16,20). The average Bonchev–Trinajstić information content (AvgIpc) is 2.78. The fourth-order valence-corrected chi connectivity index (χ4v) is 2.58. The van der Waals surface area contributed by atoms with Gasteiger partial charge in [0.05, 0.1) is 7.11 Å². The molecule has 3 amide bonds. The van der Waals surface area contributed by atoms with Crippen LogP contribution in [0.5, 0.6) is 11.5 Å². The molecule has 1 saturated heterocycles. The van der Waals surface area contributed by atoms with Gasteiger partial charge in [0.25, 0.3) is 5.91 Å². The molecule has 1 atom stereocenters. The van der Waals surface area contributed by atoms with Gasteiger partial charge < -0.3 is 19.5 Å². The molecule has 1 fully saturated rings. The third-order valence-corrected chi connectivity index (χ3v) is 3.91. The Balaban J connectivity index is 1.91. The summed E-state index contributed by atoms with van der Waals surface area (Å²) in [5.74, 6) is -0.0836. The van der Waals surface area contributed by atoms with Crippen molar-refractivity contribution < 1.29 is 28.6 Å². The smallest absolute Gasteiger partial charge is 0.325 e. The van der Waals surface area contributed by atoms with E-state index in [2.05, 4.69) is 10.1 Å². The van der Waals surface area contributed by atoms with Gasteiger partial charge in [-0.25, -0.2) is 4.79 Å². The van der Waals surface area contributed by atoms with Gasteiger partial charge in [-0.05, 0) is 24.6 Å². The van der Waals surface area contributed by atoms with E-state index in [1.807, 2.05) is 0 Å². The molecular weight excluding hydrogens is 304 g/mol. The largest absolute Gasteiger partial charge is 0.486 e. The van der Waals surface area contributed by atoms with Crippen LogP contribution in [0.1, 0.15) is 12.5 Å². The van der Waals surface area contributed by atoms with Crippen molar-refractivity contribution in [3.05, 3.63) is 23.8 Å². The molecule has 0 spiro atoms. The summed E-state index contributed by atoms with van der Waals surface area (Å²) in [5, 5.41) is 2.62. The first-order valence-corrected chi connectivity index (χ1v) is 7.07. The fraction of sp³-hybridized carbons (Fsp3) is 0.400. The molecule has 0 saturated carbocycles. The zero-order valence-corrected chi connectivity index (χ0v) is 12.8. The zero-order chi connectivity index (χ0) is 16.6. The summed E-state index contributed by atoms with van der Waals surface area (Å²) >= 11 is 0. The molecule has 122 valence electrons. The number of carbonyl (C=O) groups excluding carboxylic acids is 3. The molecule has 1 aromatic carbocycles. The predicted octanol–water partition coefficient (Wildman–Crippen LogP) is 0.398. The van der Waals surface area contributed by atoms with Crippen LogP contribution in [0.25, 0.3) is 0 Å². The molecule has 0 bridgehead atoms. The van der Waals surface area contributed by atoms with Crippen LogP contribution < -0.4 is 14.8 Å². The number of rotatable bonds is 3. The van der Waals surface area contributed by atoms with Crippen molar-refractivity contribution in [1.29, 1.82) is 0 Å². The quantitative estimate of drug-likeness (QED) is 0.640. The molecule has 1 unspecified atom stereocenters. The van der Waals surface area contributed by atoms with Crippen LogP contribution in [0, 0.1) is 0 Å². The molecule has 3 rings (SSSR count). The topological polar surface area (TPSA) is 94.2 Å². The number of benzene rings is 1. The SMILES string of the molecule is COC(=O)CN1C(=O)NC(C)(c2ccc3c(c2)OCCO3)C1=O. The van der Waals surface area contributed by atoms with E-state index in [0.29, 0.717) is 30.3 Å². The lowest BCUT2D eigenvalue weighted by Gasteiger charge is -2.25. The molecule has 0 aliphatic carbocycles. The number of amides is 3. The number of ether oxygens (including phenoxy) is 3. The molecule has 1 aromatic rings. The van der Waals surface area contributed by atoms with Crippen LogP contribution in [0.3, 0.4) is 0 Å². The highest BCUT2D eigenvalue weighted by molar-refractivity contribution is 6.08. The van der Waals surface area contributed by atoms with E-state index in [1.54, 1.807) is 25.1 Å². The van der Waals surface area contributed by atoms with Crippen molar-refractivity contribution >= 4 is 17.9 Å². The first-order valence-electron chi connectivity index (χ1n) is 7.07. The van der Waals surface area contributed by atoms with Crippen LogP contribution in [0.4, 0.5) is 4.79 Å². The predicted molar refractivity (Wildman–Crippen MR) is 77.0 cm³/mol. The Bertz CT molecular complexity index is 689. The Morgan fingerprint density at radius 3 is 2.70 bits per heavy atom. The highest BCUT2D eigenvalue weighted by Gasteiger charge is 2.50. The number of carbonyl (C=O) groups is 3. The lowest BCUT2D eigenvalue weighted by Crippen LogP contribution is -2.41. The Morgan fingerprint density at radius 2 is 2.00 bits per heavy atom. The summed E-state index contributed by atoms with van der Waals surface area (Å²) in [7, 11) is 1.20. The molecule has 2 aliphatic heterocycles. The van der Waals surface area contributed by atoms with Crippen LogP contribution in [0.2, 0.25) is 0 Å². The molecule has 1 N–H and O–H groups in total. The number of imide groups is 1. The maximum Gasteiger partial charge on any atom is 0.325 e. The highest BCUT2D eigenvalue weighted by atomic mass is 16.6. The molecule has 2 heterocycles. The molecule has 2 aliphatic rings. The number of nitrogens with one attached hydrogen (secondary N) is 1. The molecular formula is C15H16N2O6. The molecule has 0 aromatic heterocycles. The number of esters is 1. The van der Waals surface area contributed by atoms with Gasteiger partial charge >= 0.3 is 12.0 Å². The maximum absolute atomic E-state index is 12.6. The van der Waals surface area contributed by atoms with Crippen LogP contribution in [-0.4, -0.2) is 49.7 Å². The summed E-state index contributed by atoms with van der Waals surface area (Å²) in [6, 6.07) is 4.40. The second-order valence-corrected chi connectivity index (χ2v) is 5.38. The van der Waals surface area contributed by atoms with E-state index in [1.165, 1.54) is 7.11 Å². The van der Waals surface area contributed by atoms with Gasteiger partial charge in [0.15, 0.2) is 11.5 Å². The van der Waals surface area contributed by atoms with Crippen molar-refractivity contribution in [3.8, 4) is 11.5 Å². The second-order valence-electron chi connectivity index (χ2n) is 5.38. The number of urea groups is 1. The van der Waals surface area contributed by atoms with Gasteiger partial charge in [0.1, 0.15) is 25.3 Å². The Kier molecular flexibility index (Phi) is 3.59. The third-order valence-electron chi connectivity index (χ3n) is 3.91. The highest BCUT2D eigenvalue weighted by Crippen LogP contribution is 2.36. The van der Waals surface area contributed by atoms with E-state index >= 15 is 0 Å². The van der Waals surface area contributed by atoms with Gasteiger partial charge in [0.2, 0.25) is 0 Å². The zero-order valence-electron chi connectivity index (χ0n) is 12.8. The Morgan fingerprint density at radius 1 is 1.30 bits per heavy atom. The summed E-state index contributed by atoms with van der Waals surface area (Å²) in [4.78, 5) is 36.9.